The fraction of sp³-hybridized carbons (Fsp3) is 0.412. The van der Waals surface area contributed by atoms with E-state index in [2.05, 4.69) is 15.0 Å². The normalized spacial score (nSPS) is 18.2. The lowest BCUT2D eigenvalue weighted by Gasteiger charge is -2.30. The van der Waals surface area contributed by atoms with Crippen LogP contribution >= 0.6 is 0 Å². The summed E-state index contributed by atoms with van der Waals surface area (Å²) < 4.78 is 1.74. The average Bonchev–Trinajstić information content (AvgIpc) is 3.19. The van der Waals surface area contributed by atoms with E-state index < -0.39 is 0 Å². The zero-order valence-electron chi connectivity index (χ0n) is 14.3. The largest absolute Gasteiger partial charge is 0.340 e. The monoisotopic (exact) mass is 340 g/mol. The van der Waals surface area contributed by atoms with Gasteiger partial charge in [-0.1, -0.05) is 0 Å². The lowest BCUT2D eigenvalue weighted by atomic mass is 10.1. The molecule has 8 heteroatoms. The van der Waals surface area contributed by atoms with Crippen molar-refractivity contribution < 1.29 is 9.59 Å². The first-order valence-corrected chi connectivity index (χ1v) is 8.47. The van der Waals surface area contributed by atoms with Crippen LogP contribution in [0.3, 0.4) is 0 Å². The molecule has 8 nitrogen and oxygen atoms in total. The van der Waals surface area contributed by atoms with Gasteiger partial charge in [0.1, 0.15) is 5.52 Å². The first kappa shape index (κ1) is 15.6. The fourth-order valence-corrected chi connectivity index (χ4v) is 3.33. The van der Waals surface area contributed by atoms with Crippen molar-refractivity contribution in [2.24, 2.45) is 0 Å². The summed E-state index contributed by atoms with van der Waals surface area (Å²) in [5, 5.41) is 7.22. The molecule has 0 aromatic carbocycles. The van der Waals surface area contributed by atoms with Crippen molar-refractivity contribution in [2.45, 2.75) is 26.2 Å². The van der Waals surface area contributed by atoms with Gasteiger partial charge in [0.2, 0.25) is 5.95 Å². The molecule has 130 valence electrons. The Kier molecular flexibility index (Phi) is 3.67. The lowest BCUT2D eigenvalue weighted by Crippen LogP contribution is -2.45. The van der Waals surface area contributed by atoms with Crippen molar-refractivity contribution >= 4 is 29.1 Å². The number of fused-ring (bicyclic) bond motifs is 1. The quantitative estimate of drug-likeness (QED) is 0.786. The summed E-state index contributed by atoms with van der Waals surface area (Å²) in [6.07, 6.45) is 6.64. The molecule has 0 aliphatic carbocycles. The van der Waals surface area contributed by atoms with Crippen molar-refractivity contribution in [3.05, 3.63) is 30.0 Å². The minimum atomic E-state index is -0.354. The molecule has 0 saturated carbocycles. The van der Waals surface area contributed by atoms with Gasteiger partial charge in [0.05, 0.1) is 0 Å². The van der Waals surface area contributed by atoms with Crippen molar-refractivity contribution in [2.75, 3.05) is 30.0 Å². The highest BCUT2D eigenvalue weighted by atomic mass is 16.2. The predicted octanol–water partition coefficient (Wildman–Crippen LogP) is 1.39. The number of hydrazine groups is 1. The molecule has 4 rings (SSSR count). The van der Waals surface area contributed by atoms with Gasteiger partial charge in [-0.2, -0.15) is 9.99 Å². The van der Waals surface area contributed by atoms with E-state index in [1.807, 2.05) is 18.3 Å². The van der Waals surface area contributed by atoms with E-state index >= 15 is 0 Å². The molecule has 2 aromatic rings. The highest BCUT2D eigenvalue weighted by Gasteiger charge is 2.34. The van der Waals surface area contributed by atoms with Crippen LogP contribution in [0.1, 0.15) is 26.2 Å². The molecule has 2 amide bonds. The van der Waals surface area contributed by atoms with Crippen molar-refractivity contribution in [1.82, 2.24) is 19.6 Å². The van der Waals surface area contributed by atoms with Crippen LogP contribution in [0.5, 0.6) is 0 Å². The molecular formula is C17H20N6O2. The summed E-state index contributed by atoms with van der Waals surface area (Å²) in [6.45, 7) is 3.47. The van der Waals surface area contributed by atoms with Crippen molar-refractivity contribution in [3.63, 3.8) is 0 Å². The zero-order valence-corrected chi connectivity index (χ0v) is 14.3. The van der Waals surface area contributed by atoms with Gasteiger partial charge in [-0.25, -0.2) is 4.52 Å². The van der Waals surface area contributed by atoms with Gasteiger partial charge in [0.15, 0.2) is 5.82 Å². The first-order valence-electron chi connectivity index (χ1n) is 8.47. The number of carbonyl (C=O) groups is 2. The molecule has 0 bridgehead atoms. The van der Waals surface area contributed by atoms with E-state index in [-0.39, 0.29) is 11.8 Å². The molecule has 2 aromatic heterocycles. The maximum atomic E-state index is 12.3. The van der Waals surface area contributed by atoms with Crippen LogP contribution < -0.4 is 9.91 Å². The Hall–Kier alpha value is -2.90. The third-order valence-electron chi connectivity index (χ3n) is 4.68. The molecule has 0 N–H and O–H groups in total. The molecule has 0 radical (unpaired) electrons. The van der Waals surface area contributed by atoms with E-state index in [4.69, 9.17) is 0 Å². The average molecular weight is 340 g/mol. The molecule has 0 atom stereocenters. The second-order valence-electron chi connectivity index (χ2n) is 6.43. The number of hydrogen-bond donors (Lipinski definition) is 0. The van der Waals surface area contributed by atoms with Crippen LogP contribution in [0.15, 0.2) is 30.0 Å². The molecule has 25 heavy (non-hydrogen) atoms. The Morgan fingerprint density at radius 3 is 2.60 bits per heavy atom. The number of aromatic nitrogens is 3. The molecule has 0 unspecified atom stereocenters. The predicted molar refractivity (Wildman–Crippen MR) is 93.1 cm³/mol. The Labute approximate surface area is 145 Å². The number of anilines is 2. The van der Waals surface area contributed by atoms with Gasteiger partial charge < -0.3 is 4.90 Å². The molecule has 2 aliphatic heterocycles. The standard InChI is InChI=1S/C17H20N6O2/c1-12-11-14(24)23(16(12)25)20(2)15-13-7-6-10-22(13)19-17(18-15)21-8-4-3-5-9-21/h6-7,10-11H,3-5,8-9H2,1-2H3. The van der Waals surface area contributed by atoms with Crippen LogP contribution in [0.4, 0.5) is 11.8 Å². The van der Waals surface area contributed by atoms with Crippen LogP contribution in [-0.4, -0.2) is 51.6 Å². The number of imide groups is 1. The zero-order chi connectivity index (χ0) is 17.6. The highest BCUT2D eigenvalue weighted by molar-refractivity contribution is 6.16. The van der Waals surface area contributed by atoms with E-state index in [1.54, 1.807) is 18.5 Å². The minimum Gasteiger partial charge on any atom is -0.340 e. The summed E-state index contributed by atoms with van der Waals surface area (Å²) in [6, 6.07) is 3.75. The molecule has 2 aliphatic rings. The summed E-state index contributed by atoms with van der Waals surface area (Å²) in [5.74, 6) is 0.475. The van der Waals surface area contributed by atoms with Gasteiger partial charge in [0.25, 0.3) is 11.8 Å². The van der Waals surface area contributed by atoms with E-state index in [9.17, 15) is 9.59 Å². The Morgan fingerprint density at radius 2 is 1.92 bits per heavy atom. The van der Waals surface area contributed by atoms with Gasteiger partial charge in [0, 0.05) is 38.0 Å². The van der Waals surface area contributed by atoms with Crippen LogP contribution in [-0.2, 0) is 9.59 Å². The molecule has 1 fully saturated rings. The van der Waals surface area contributed by atoms with Crippen molar-refractivity contribution in [3.8, 4) is 0 Å². The Balaban J connectivity index is 1.76. The summed E-state index contributed by atoms with van der Waals surface area (Å²) >= 11 is 0. The highest BCUT2D eigenvalue weighted by Crippen LogP contribution is 2.26. The molecule has 4 heterocycles. The van der Waals surface area contributed by atoms with Crippen LogP contribution in [0.25, 0.3) is 5.52 Å². The topological polar surface area (TPSA) is 74.1 Å². The fourth-order valence-electron chi connectivity index (χ4n) is 3.33. The number of rotatable bonds is 3. The smallest absolute Gasteiger partial charge is 0.275 e. The van der Waals surface area contributed by atoms with Crippen molar-refractivity contribution in [1.29, 1.82) is 0 Å². The molecule has 0 spiro atoms. The number of piperidine rings is 1. The van der Waals surface area contributed by atoms with Crippen LogP contribution in [0, 0.1) is 0 Å². The van der Waals surface area contributed by atoms with Crippen LogP contribution in [0.2, 0.25) is 0 Å². The second-order valence-corrected chi connectivity index (χ2v) is 6.43. The lowest BCUT2D eigenvalue weighted by molar-refractivity contribution is -0.137. The third kappa shape index (κ3) is 2.54. The van der Waals surface area contributed by atoms with E-state index in [1.165, 1.54) is 17.5 Å². The summed E-state index contributed by atoms with van der Waals surface area (Å²) in [5.41, 5.74) is 1.17. The summed E-state index contributed by atoms with van der Waals surface area (Å²) in [7, 11) is 1.68. The molecular weight excluding hydrogens is 320 g/mol. The maximum Gasteiger partial charge on any atom is 0.275 e. The molecule has 1 saturated heterocycles. The number of amides is 2. The SMILES string of the molecule is CC1=CC(=O)N(N(C)c2nc(N3CCCCC3)nn3cccc23)C1=O. The van der Waals surface area contributed by atoms with Gasteiger partial charge in [-0.05, 0) is 38.3 Å². The van der Waals surface area contributed by atoms with Gasteiger partial charge in [-0.3, -0.25) is 14.6 Å². The number of nitrogens with zero attached hydrogens (tertiary/aromatic N) is 6. The Morgan fingerprint density at radius 1 is 1.16 bits per heavy atom. The van der Waals surface area contributed by atoms with Gasteiger partial charge >= 0.3 is 0 Å². The van der Waals surface area contributed by atoms with E-state index in [0.29, 0.717) is 17.3 Å². The number of hydrogen-bond acceptors (Lipinski definition) is 6. The first-order chi connectivity index (χ1) is 12.1. The minimum absolute atomic E-state index is 0.324. The van der Waals surface area contributed by atoms with Gasteiger partial charge in [-0.15, -0.1) is 5.10 Å². The third-order valence-corrected chi connectivity index (χ3v) is 4.68. The Bertz CT molecular complexity index is 880. The summed E-state index contributed by atoms with van der Waals surface area (Å²) in [4.78, 5) is 31.4. The maximum absolute atomic E-state index is 12.3. The second kappa shape index (κ2) is 5.87. The number of carbonyl (C=O) groups excluding carboxylic acids is 2. The van der Waals surface area contributed by atoms with E-state index in [0.717, 1.165) is 36.5 Å².